The molecule has 11 nitrogen and oxygen atoms in total. The number of hydrogen-bond donors (Lipinski definition) is 6. The molecule has 3 aromatic rings. The van der Waals surface area contributed by atoms with E-state index in [1.165, 1.54) is 0 Å². The average Bonchev–Trinajstić information content (AvgIpc) is 2.97. The normalized spacial score (nSPS) is 13.2. The number of rotatable bonds is 14. The molecule has 0 fully saturated rings. The van der Waals surface area contributed by atoms with Crippen molar-refractivity contribution in [1.82, 2.24) is 21.3 Å². The van der Waals surface area contributed by atoms with Crippen LogP contribution in [0, 0.1) is 5.41 Å². The van der Waals surface area contributed by atoms with Gasteiger partial charge in [-0.1, -0.05) is 72.8 Å². The summed E-state index contributed by atoms with van der Waals surface area (Å²) in [7, 11) is 0. The predicted molar refractivity (Wildman–Crippen MR) is 170 cm³/mol. The summed E-state index contributed by atoms with van der Waals surface area (Å²) >= 11 is 0. The first-order valence-corrected chi connectivity index (χ1v) is 14.6. The standard InChI is InChI=1S/C33H42N6O5/c1-33(2,3)44-32(43)39-27(19-22-11-5-4-6-12-22)30(42)38-28(20-24-15-9-14-23-13-7-8-17-26(23)24)29(41)37-25(21-40)16-10-18-36-31(34)35/h4-9,11-15,17,21,25,27-28H,10,16,18-20H2,1-3H3,(H,37,41)(H,38,42)(H,39,43)(H4,34,35,36)/t25-,27+,28-/m0/s1. The van der Waals surface area contributed by atoms with Crippen LogP contribution in [0.3, 0.4) is 0 Å². The Kier molecular flexibility index (Phi) is 12.3. The first-order valence-electron chi connectivity index (χ1n) is 14.6. The molecule has 0 aromatic heterocycles. The van der Waals surface area contributed by atoms with Gasteiger partial charge in [-0.2, -0.15) is 0 Å². The van der Waals surface area contributed by atoms with Gasteiger partial charge in [0, 0.05) is 19.4 Å². The molecule has 3 atom stereocenters. The second kappa shape index (κ2) is 16.1. The van der Waals surface area contributed by atoms with Crippen molar-refractivity contribution < 1.29 is 23.9 Å². The highest BCUT2D eigenvalue weighted by Crippen LogP contribution is 2.20. The van der Waals surface area contributed by atoms with Crippen LogP contribution >= 0.6 is 0 Å². The van der Waals surface area contributed by atoms with E-state index >= 15 is 0 Å². The molecule has 3 aromatic carbocycles. The van der Waals surface area contributed by atoms with E-state index in [1.54, 1.807) is 20.8 Å². The van der Waals surface area contributed by atoms with Gasteiger partial charge in [-0.3, -0.25) is 15.0 Å². The highest BCUT2D eigenvalue weighted by Gasteiger charge is 2.30. The second-order valence-corrected chi connectivity index (χ2v) is 11.5. The van der Waals surface area contributed by atoms with Crippen LogP contribution in [0.15, 0.2) is 72.8 Å². The predicted octanol–water partition coefficient (Wildman–Crippen LogP) is 2.95. The van der Waals surface area contributed by atoms with Crippen LogP contribution in [0.5, 0.6) is 0 Å². The fraction of sp³-hybridized carbons (Fsp3) is 0.364. The fourth-order valence-corrected chi connectivity index (χ4v) is 4.68. The highest BCUT2D eigenvalue weighted by molar-refractivity contribution is 5.93. The molecule has 3 amide bonds. The van der Waals surface area contributed by atoms with Crippen LogP contribution in [0.4, 0.5) is 4.79 Å². The summed E-state index contributed by atoms with van der Waals surface area (Å²) in [6.45, 7) is 5.54. The molecule has 0 aliphatic carbocycles. The zero-order valence-corrected chi connectivity index (χ0v) is 25.4. The van der Waals surface area contributed by atoms with E-state index < -0.39 is 41.6 Å². The summed E-state index contributed by atoms with van der Waals surface area (Å²) in [5, 5.41) is 20.1. The largest absolute Gasteiger partial charge is 0.444 e. The number of amides is 3. The summed E-state index contributed by atoms with van der Waals surface area (Å²) in [5.41, 5.74) is 6.17. The maximum Gasteiger partial charge on any atom is 0.408 e. The van der Waals surface area contributed by atoms with Gasteiger partial charge in [0.15, 0.2) is 5.96 Å². The quantitative estimate of drug-likeness (QED) is 0.0711. The summed E-state index contributed by atoms with van der Waals surface area (Å²) in [6.07, 6.45) is 0.966. The summed E-state index contributed by atoms with van der Waals surface area (Å²) < 4.78 is 5.41. The number of aldehydes is 1. The van der Waals surface area contributed by atoms with Gasteiger partial charge in [0.05, 0.1) is 6.04 Å². The lowest BCUT2D eigenvalue weighted by Gasteiger charge is -2.26. The van der Waals surface area contributed by atoms with Gasteiger partial charge in [0.1, 0.15) is 24.0 Å². The van der Waals surface area contributed by atoms with Gasteiger partial charge in [-0.25, -0.2) is 4.79 Å². The molecule has 0 aliphatic rings. The van der Waals surface area contributed by atoms with Gasteiger partial charge >= 0.3 is 6.09 Å². The number of carbonyl (C=O) groups is 4. The van der Waals surface area contributed by atoms with Crippen LogP contribution in [-0.2, 0) is 32.0 Å². The van der Waals surface area contributed by atoms with E-state index in [2.05, 4.69) is 21.3 Å². The third-order valence-corrected chi connectivity index (χ3v) is 6.73. The molecule has 0 aliphatic heterocycles. The molecule has 0 spiro atoms. The maximum absolute atomic E-state index is 13.8. The number of benzene rings is 3. The first kappa shape index (κ1) is 33.6. The van der Waals surface area contributed by atoms with Crippen LogP contribution in [0.1, 0.15) is 44.7 Å². The minimum Gasteiger partial charge on any atom is -0.444 e. The maximum atomic E-state index is 13.8. The van der Waals surface area contributed by atoms with Crippen LogP contribution in [0.2, 0.25) is 0 Å². The number of hydrogen-bond acceptors (Lipinski definition) is 6. The highest BCUT2D eigenvalue weighted by atomic mass is 16.6. The molecule has 11 heteroatoms. The zero-order valence-electron chi connectivity index (χ0n) is 25.4. The van der Waals surface area contributed by atoms with Crippen molar-refractivity contribution in [2.24, 2.45) is 5.73 Å². The Morgan fingerprint density at radius 3 is 2.18 bits per heavy atom. The van der Waals surface area contributed by atoms with Crippen molar-refractivity contribution in [3.8, 4) is 0 Å². The van der Waals surface area contributed by atoms with Crippen molar-refractivity contribution in [3.05, 3.63) is 83.9 Å². The Hall–Kier alpha value is -4.93. The third-order valence-electron chi connectivity index (χ3n) is 6.73. The number of ether oxygens (including phenoxy) is 1. The van der Waals surface area contributed by atoms with E-state index in [-0.39, 0.29) is 18.8 Å². The molecular weight excluding hydrogens is 560 g/mol. The van der Waals surface area contributed by atoms with E-state index in [0.29, 0.717) is 25.7 Å². The molecule has 0 saturated heterocycles. The molecule has 0 radical (unpaired) electrons. The van der Waals surface area contributed by atoms with Gasteiger partial charge in [-0.15, -0.1) is 0 Å². The summed E-state index contributed by atoms with van der Waals surface area (Å²) in [6, 6.07) is 19.7. The average molecular weight is 603 g/mol. The minimum atomic E-state index is -1.06. The van der Waals surface area contributed by atoms with Gasteiger partial charge < -0.3 is 36.5 Å². The van der Waals surface area contributed by atoms with Gasteiger partial charge in [-0.05, 0) is 55.5 Å². The summed E-state index contributed by atoms with van der Waals surface area (Å²) in [4.78, 5) is 52.0. The molecule has 3 rings (SSSR count). The smallest absolute Gasteiger partial charge is 0.408 e. The molecule has 0 heterocycles. The summed E-state index contributed by atoms with van der Waals surface area (Å²) in [5.74, 6) is -1.30. The molecule has 234 valence electrons. The molecule has 0 unspecified atom stereocenters. The van der Waals surface area contributed by atoms with Crippen molar-refractivity contribution in [2.45, 2.75) is 70.2 Å². The molecular formula is C33H42N6O5. The van der Waals surface area contributed by atoms with Crippen molar-refractivity contribution in [3.63, 3.8) is 0 Å². The Morgan fingerprint density at radius 1 is 0.864 bits per heavy atom. The number of carbonyl (C=O) groups excluding carboxylic acids is 4. The number of fused-ring (bicyclic) bond motifs is 1. The first-order chi connectivity index (χ1) is 20.9. The zero-order chi connectivity index (χ0) is 32.1. The topological polar surface area (TPSA) is 176 Å². The van der Waals surface area contributed by atoms with Gasteiger partial charge in [0.2, 0.25) is 11.8 Å². The second-order valence-electron chi connectivity index (χ2n) is 11.5. The monoisotopic (exact) mass is 602 g/mol. The van der Waals surface area contributed by atoms with Crippen molar-refractivity contribution in [1.29, 1.82) is 5.41 Å². The van der Waals surface area contributed by atoms with Crippen molar-refractivity contribution >= 4 is 40.9 Å². The number of nitrogens with one attached hydrogen (secondary N) is 5. The Balaban J connectivity index is 1.86. The third kappa shape index (κ3) is 11.0. The lowest BCUT2D eigenvalue weighted by atomic mass is 9.97. The minimum absolute atomic E-state index is 0.140. The van der Waals surface area contributed by atoms with E-state index in [9.17, 15) is 19.2 Å². The lowest BCUT2D eigenvalue weighted by Crippen LogP contribution is -2.56. The number of guanidine groups is 1. The Morgan fingerprint density at radius 2 is 1.50 bits per heavy atom. The molecule has 44 heavy (non-hydrogen) atoms. The number of alkyl carbamates (subject to hydrolysis) is 1. The Bertz CT molecular complexity index is 1430. The number of nitrogens with two attached hydrogens (primary N) is 1. The van der Waals surface area contributed by atoms with Crippen LogP contribution in [-0.4, -0.2) is 60.4 Å². The molecule has 0 saturated carbocycles. The van der Waals surface area contributed by atoms with Gasteiger partial charge in [0.25, 0.3) is 0 Å². The fourth-order valence-electron chi connectivity index (χ4n) is 4.68. The van der Waals surface area contributed by atoms with E-state index in [0.717, 1.165) is 21.9 Å². The SMILES string of the molecule is CC(C)(C)OC(=O)N[C@H](Cc1ccccc1)C(=O)N[C@@H](Cc1cccc2ccccc12)C(=O)N[C@H](C=O)CCCNC(=N)N. The Labute approximate surface area is 257 Å². The van der Waals surface area contributed by atoms with Crippen molar-refractivity contribution in [2.75, 3.05) is 6.54 Å². The van der Waals surface area contributed by atoms with Crippen LogP contribution in [0.25, 0.3) is 10.8 Å². The molecule has 7 N–H and O–H groups in total. The lowest BCUT2D eigenvalue weighted by molar-refractivity contribution is -0.131. The van der Waals surface area contributed by atoms with E-state index in [4.69, 9.17) is 15.9 Å². The van der Waals surface area contributed by atoms with E-state index in [1.807, 2.05) is 72.8 Å². The van der Waals surface area contributed by atoms with Crippen LogP contribution < -0.4 is 27.0 Å². The molecule has 0 bridgehead atoms.